The van der Waals surface area contributed by atoms with Gasteiger partial charge in [0.1, 0.15) is 5.75 Å². The number of hydrogen-bond acceptors (Lipinski definition) is 3. The number of aliphatic carboxylic acids is 1. The lowest BCUT2D eigenvalue weighted by Gasteiger charge is -2.10. The minimum atomic E-state index is -0.926. The lowest BCUT2D eigenvalue weighted by atomic mass is 9.95. The minimum Gasteiger partial charge on any atom is -0.478 e. The zero-order valence-corrected chi connectivity index (χ0v) is 17.4. The third-order valence-corrected chi connectivity index (χ3v) is 5.32. The van der Waals surface area contributed by atoms with E-state index in [1.165, 1.54) is 6.08 Å². The number of aryl methyl sites for hydroxylation is 1. The zero-order chi connectivity index (χ0) is 21.6. The Hall–Kier alpha value is -3.63. The molecule has 0 saturated heterocycles. The average molecular weight is 412 g/mol. The molecule has 0 atom stereocenters. The van der Waals surface area contributed by atoms with E-state index < -0.39 is 5.97 Å². The molecular weight excluding hydrogens is 388 g/mol. The van der Waals surface area contributed by atoms with Gasteiger partial charge >= 0.3 is 5.97 Å². The maximum absolute atomic E-state index is 11.4. The summed E-state index contributed by atoms with van der Waals surface area (Å²) in [6, 6.07) is 26.4. The molecule has 0 radical (unpaired) electrons. The predicted octanol–water partition coefficient (Wildman–Crippen LogP) is 6.08. The molecular formula is C27H24O4. The highest BCUT2D eigenvalue weighted by Gasteiger charge is 2.08. The molecule has 0 aliphatic rings. The molecule has 4 rings (SSSR count). The van der Waals surface area contributed by atoms with Gasteiger partial charge < -0.3 is 14.6 Å². The van der Waals surface area contributed by atoms with E-state index >= 15 is 0 Å². The summed E-state index contributed by atoms with van der Waals surface area (Å²) < 4.78 is 10.5. The van der Waals surface area contributed by atoms with Gasteiger partial charge in [0.15, 0.2) is 6.79 Å². The molecule has 4 aromatic rings. The van der Waals surface area contributed by atoms with Gasteiger partial charge in [-0.1, -0.05) is 60.7 Å². The first kappa shape index (κ1) is 20.6. The highest BCUT2D eigenvalue weighted by atomic mass is 16.7. The van der Waals surface area contributed by atoms with E-state index in [4.69, 9.17) is 9.47 Å². The molecule has 0 aliphatic carbocycles. The van der Waals surface area contributed by atoms with Gasteiger partial charge in [-0.3, -0.25) is 0 Å². The number of fused-ring (bicyclic) bond motifs is 2. The number of benzene rings is 4. The fraction of sp³-hybridized carbons (Fsp3) is 0.148. The van der Waals surface area contributed by atoms with Crippen molar-refractivity contribution in [1.82, 2.24) is 0 Å². The molecule has 0 saturated carbocycles. The molecule has 0 unspecified atom stereocenters. The van der Waals surface area contributed by atoms with Gasteiger partial charge in [-0.05, 0) is 69.3 Å². The molecule has 4 heteroatoms. The van der Waals surface area contributed by atoms with Gasteiger partial charge in [-0.15, -0.1) is 0 Å². The topological polar surface area (TPSA) is 55.8 Å². The maximum Gasteiger partial charge on any atom is 0.328 e. The van der Waals surface area contributed by atoms with Crippen molar-refractivity contribution in [2.45, 2.75) is 12.8 Å². The second kappa shape index (κ2) is 9.45. The first-order valence-corrected chi connectivity index (χ1v) is 10.2. The number of carboxylic acid groups (broad SMARTS) is 1. The number of hydrogen-bond donors (Lipinski definition) is 1. The molecule has 0 heterocycles. The van der Waals surface area contributed by atoms with Crippen molar-refractivity contribution >= 4 is 33.1 Å². The largest absolute Gasteiger partial charge is 0.478 e. The van der Waals surface area contributed by atoms with Crippen LogP contribution in [0.2, 0.25) is 0 Å². The number of rotatable bonds is 8. The molecule has 4 nitrogen and oxygen atoms in total. The molecule has 0 fully saturated rings. The van der Waals surface area contributed by atoms with Crippen LogP contribution in [0.5, 0.6) is 5.75 Å². The Morgan fingerprint density at radius 1 is 0.871 bits per heavy atom. The highest BCUT2D eigenvalue weighted by Crippen LogP contribution is 2.27. The van der Waals surface area contributed by atoms with Crippen molar-refractivity contribution in [3.8, 4) is 5.75 Å². The molecule has 0 amide bonds. The van der Waals surface area contributed by atoms with E-state index in [9.17, 15) is 9.90 Å². The summed E-state index contributed by atoms with van der Waals surface area (Å²) in [6.45, 7) is 0.219. The average Bonchev–Trinajstić information content (AvgIpc) is 2.79. The van der Waals surface area contributed by atoms with Gasteiger partial charge in [0.2, 0.25) is 0 Å². The summed E-state index contributed by atoms with van der Waals surface area (Å²) >= 11 is 0. The fourth-order valence-electron chi connectivity index (χ4n) is 3.76. The van der Waals surface area contributed by atoms with Crippen LogP contribution in [0.3, 0.4) is 0 Å². The van der Waals surface area contributed by atoms with Gasteiger partial charge in [0.05, 0.1) is 0 Å². The Balaban J connectivity index is 1.55. The van der Waals surface area contributed by atoms with Crippen molar-refractivity contribution < 1.29 is 19.4 Å². The Bertz CT molecular complexity index is 1260. The Kier molecular flexibility index (Phi) is 6.29. The zero-order valence-electron chi connectivity index (χ0n) is 17.4. The van der Waals surface area contributed by atoms with Gasteiger partial charge in [0, 0.05) is 13.2 Å². The fourth-order valence-corrected chi connectivity index (χ4v) is 3.76. The maximum atomic E-state index is 11.4. The highest BCUT2D eigenvalue weighted by molar-refractivity contribution is 5.93. The minimum absolute atomic E-state index is 0.219. The standard InChI is InChI=1S/C27H24O4/c1-30-18-31-26-13-12-22-14-19(6-8-24(22)16-26)7-9-25(17-27(28)29)23-11-10-20-4-2-3-5-21(20)15-23/h2-6,8,10-17H,7,9,18H2,1H3,(H,28,29). The lowest BCUT2D eigenvalue weighted by Crippen LogP contribution is -1.98. The van der Waals surface area contributed by atoms with E-state index in [-0.39, 0.29) is 6.79 Å². The van der Waals surface area contributed by atoms with Gasteiger partial charge in [0.25, 0.3) is 0 Å². The molecule has 31 heavy (non-hydrogen) atoms. The van der Waals surface area contributed by atoms with Crippen LogP contribution in [0.1, 0.15) is 17.5 Å². The van der Waals surface area contributed by atoms with Crippen LogP contribution in [0, 0.1) is 0 Å². The second-order valence-electron chi connectivity index (χ2n) is 7.46. The summed E-state index contributed by atoms with van der Waals surface area (Å²) in [4.78, 5) is 11.4. The lowest BCUT2D eigenvalue weighted by molar-refractivity contribution is -0.131. The van der Waals surface area contributed by atoms with Crippen molar-refractivity contribution in [3.63, 3.8) is 0 Å². The van der Waals surface area contributed by atoms with Crippen molar-refractivity contribution in [2.24, 2.45) is 0 Å². The van der Waals surface area contributed by atoms with Crippen LogP contribution in [-0.4, -0.2) is 25.0 Å². The van der Waals surface area contributed by atoms with E-state index in [0.29, 0.717) is 6.42 Å². The number of ether oxygens (including phenoxy) is 2. The number of carbonyl (C=O) groups is 1. The number of carboxylic acids is 1. The summed E-state index contributed by atoms with van der Waals surface area (Å²) in [5.41, 5.74) is 2.93. The summed E-state index contributed by atoms with van der Waals surface area (Å²) in [5, 5.41) is 13.8. The van der Waals surface area contributed by atoms with Crippen LogP contribution < -0.4 is 4.74 Å². The van der Waals surface area contributed by atoms with Crippen molar-refractivity contribution in [2.75, 3.05) is 13.9 Å². The van der Waals surface area contributed by atoms with E-state index in [1.54, 1.807) is 7.11 Å². The van der Waals surface area contributed by atoms with E-state index in [2.05, 4.69) is 30.3 Å². The van der Waals surface area contributed by atoms with Crippen LogP contribution in [0.25, 0.3) is 27.1 Å². The number of allylic oxidation sites excluding steroid dienone is 1. The summed E-state index contributed by atoms with van der Waals surface area (Å²) in [6.07, 6.45) is 2.72. The van der Waals surface area contributed by atoms with Crippen LogP contribution in [0.4, 0.5) is 0 Å². The first-order chi connectivity index (χ1) is 15.1. The van der Waals surface area contributed by atoms with Gasteiger partial charge in [-0.25, -0.2) is 4.79 Å². The molecule has 0 aliphatic heterocycles. The first-order valence-electron chi connectivity index (χ1n) is 10.2. The number of methoxy groups -OCH3 is 1. The third kappa shape index (κ3) is 5.11. The molecule has 0 bridgehead atoms. The molecule has 0 spiro atoms. The van der Waals surface area contributed by atoms with Crippen molar-refractivity contribution in [3.05, 3.63) is 96.1 Å². The predicted molar refractivity (Wildman–Crippen MR) is 124 cm³/mol. The van der Waals surface area contributed by atoms with Gasteiger partial charge in [-0.2, -0.15) is 0 Å². The Labute approximate surface area is 181 Å². The molecule has 4 aromatic carbocycles. The third-order valence-electron chi connectivity index (χ3n) is 5.32. The van der Waals surface area contributed by atoms with Crippen LogP contribution in [0.15, 0.2) is 84.9 Å². The Morgan fingerprint density at radius 2 is 1.58 bits per heavy atom. The second-order valence-corrected chi connectivity index (χ2v) is 7.46. The molecule has 0 aromatic heterocycles. The quantitative estimate of drug-likeness (QED) is 0.282. The van der Waals surface area contributed by atoms with E-state index in [0.717, 1.165) is 50.4 Å². The molecule has 1 N–H and O–H groups in total. The van der Waals surface area contributed by atoms with Crippen molar-refractivity contribution in [1.29, 1.82) is 0 Å². The van der Waals surface area contributed by atoms with E-state index in [1.807, 2.05) is 48.5 Å². The normalized spacial score (nSPS) is 11.7. The van der Waals surface area contributed by atoms with Crippen LogP contribution >= 0.6 is 0 Å². The van der Waals surface area contributed by atoms with Crippen LogP contribution in [-0.2, 0) is 16.0 Å². The monoisotopic (exact) mass is 412 g/mol. The Morgan fingerprint density at radius 3 is 2.39 bits per heavy atom. The summed E-state index contributed by atoms with van der Waals surface area (Å²) in [5.74, 6) is -0.157. The smallest absolute Gasteiger partial charge is 0.328 e. The SMILES string of the molecule is COCOc1ccc2cc(CCC(=CC(=O)O)c3ccc4ccccc4c3)ccc2c1. The summed E-state index contributed by atoms with van der Waals surface area (Å²) in [7, 11) is 1.60. The molecule has 156 valence electrons.